The molecule has 0 aliphatic carbocycles. The molecule has 0 heterocycles. The molecule has 0 radical (unpaired) electrons. The van der Waals surface area contributed by atoms with Crippen LogP contribution in [0.15, 0.2) is 12.2 Å². The molecule has 0 amide bonds. The first kappa shape index (κ1) is 22.7. The average Bonchev–Trinajstić information content (AvgIpc) is 2.57. The molecule has 0 saturated heterocycles. The molecule has 0 bridgehead atoms. The van der Waals surface area contributed by atoms with Gasteiger partial charge in [-0.15, -0.1) is 0 Å². The topological polar surface area (TPSA) is 52.6 Å². The lowest BCUT2D eigenvalue weighted by molar-refractivity contribution is -0.149. The van der Waals surface area contributed by atoms with Crippen LogP contribution < -0.4 is 0 Å². The van der Waals surface area contributed by atoms with Gasteiger partial charge in [-0.25, -0.2) is 0 Å². The first-order valence-electron chi connectivity index (χ1n) is 9.58. The second-order valence-electron chi connectivity index (χ2n) is 6.28. The molecule has 0 aromatic heterocycles. The van der Waals surface area contributed by atoms with Crippen molar-refractivity contribution in [1.82, 2.24) is 0 Å². The fourth-order valence-corrected chi connectivity index (χ4v) is 2.79. The maximum Gasteiger partial charge on any atom is 0.309 e. The maximum atomic E-state index is 12.0. The quantitative estimate of drug-likeness (QED) is 0.327. The molecule has 0 saturated carbocycles. The molecule has 0 atom stereocenters. The van der Waals surface area contributed by atoms with E-state index in [0.717, 1.165) is 51.4 Å². The second-order valence-corrected chi connectivity index (χ2v) is 6.28. The summed E-state index contributed by atoms with van der Waals surface area (Å²) in [5.74, 6) is -0.220. The highest BCUT2D eigenvalue weighted by atomic mass is 16.5. The van der Waals surface area contributed by atoms with E-state index < -0.39 is 0 Å². The van der Waals surface area contributed by atoms with Crippen molar-refractivity contribution in [2.24, 2.45) is 11.8 Å². The van der Waals surface area contributed by atoms with Crippen LogP contribution in [0.25, 0.3) is 0 Å². The fourth-order valence-electron chi connectivity index (χ4n) is 2.79. The largest absolute Gasteiger partial charge is 0.461 e. The van der Waals surface area contributed by atoms with Gasteiger partial charge in [-0.2, -0.15) is 0 Å². The molecular weight excluding hydrogens is 304 g/mol. The molecule has 0 aliphatic rings. The average molecular weight is 341 g/mol. The Morgan fingerprint density at radius 2 is 0.958 bits per heavy atom. The van der Waals surface area contributed by atoms with Crippen LogP contribution in [0.1, 0.15) is 79.1 Å². The predicted molar refractivity (Wildman–Crippen MR) is 97.7 cm³/mol. The molecule has 0 spiro atoms. The molecule has 0 fully saturated rings. The molecule has 0 aliphatic heterocycles. The number of hydrogen-bond acceptors (Lipinski definition) is 4. The Bertz CT molecular complexity index is 317. The van der Waals surface area contributed by atoms with Crippen LogP contribution in [0.3, 0.4) is 0 Å². The highest BCUT2D eigenvalue weighted by molar-refractivity contribution is 5.72. The lowest BCUT2D eigenvalue weighted by atomic mass is 9.99. The van der Waals surface area contributed by atoms with Gasteiger partial charge >= 0.3 is 11.9 Å². The van der Waals surface area contributed by atoms with Crippen molar-refractivity contribution in [3.05, 3.63) is 12.2 Å². The van der Waals surface area contributed by atoms with E-state index >= 15 is 0 Å². The summed E-state index contributed by atoms with van der Waals surface area (Å²) in [5, 5.41) is 0. The van der Waals surface area contributed by atoms with E-state index in [9.17, 15) is 9.59 Å². The molecular formula is C20H36O4. The Hall–Kier alpha value is -1.32. The van der Waals surface area contributed by atoms with Crippen molar-refractivity contribution in [2.45, 2.75) is 79.1 Å². The summed E-state index contributed by atoms with van der Waals surface area (Å²) in [6.45, 7) is 8.80. The summed E-state index contributed by atoms with van der Waals surface area (Å²) in [5.41, 5.74) is 0. The van der Waals surface area contributed by atoms with Crippen molar-refractivity contribution in [2.75, 3.05) is 13.2 Å². The third-order valence-electron chi connectivity index (χ3n) is 4.03. The maximum absolute atomic E-state index is 12.0. The number of rotatable bonds is 14. The molecule has 0 aromatic rings. The monoisotopic (exact) mass is 340 g/mol. The van der Waals surface area contributed by atoms with Crippen LogP contribution in [0, 0.1) is 11.8 Å². The van der Waals surface area contributed by atoms with Crippen LogP contribution in [0.2, 0.25) is 0 Å². The summed E-state index contributed by atoms with van der Waals surface area (Å²) >= 11 is 0. The molecule has 24 heavy (non-hydrogen) atoms. The van der Waals surface area contributed by atoms with Crippen LogP contribution in [-0.2, 0) is 19.1 Å². The minimum atomic E-state index is -0.119. The zero-order valence-electron chi connectivity index (χ0n) is 16.0. The van der Waals surface area contributed by atoms with Crippen molar-refractivity contribution >= 4 is 11.9 Å². The van der Waals surface area contributed by atoms with Gasteiger partial charge in [0.05, 0.1) is 11.8 Å². The highest BCUT2D eigenvalue weighted by Gasteiger charge is 2.18. The van der Waals surface area contributed by atoms with Crippen LogP contribution in [-0.4, -0.2) is 25.2 Å². The Labute approximate surface area is 148 Å². The van der Waals surface area contributed by atoms with E-state index in [0.29, 0.717) is 0 Å². The molecule has 4 nitrogen and oxygen atoms in total. The summed E-state index contributed by atoms with van der Waals surface area (Å²) in [6.07, 6.45) is 11.0. The normalized spacial score (nSPS) is 11.4. The van der Waals surface area contributed by atoms with E-state index in [1.165, 1.54) is 0 Å². The van der Waals surface area contributed by atoms with Gasteiger partial charge in [0.1, 0.15) is 13.2 Å². The minimum absolute atomic E-state index is 0.00933. The number of carbonyl (C=O) groups is 2. The fraction of sp³-hybridized carbons (Fsp3) is 0.800. The Kier molecular flexibility index (Phi) is 14.4. The third-order valence-corrected chi connectivity index (χ3v) is 4.03. The summed E-state index contributed by atoms with van der Waals surface area (Å²) < 4.78 is 10.5. The van der Waals surface area contributed by atoms with E-state index in [2.05, 4.69) is 27.7 Å². The Morgan fingerprint density at radius 3 is 1.21 bits per heavy atom. The van der Waals surface area contributed by atoms with Crippen LogP contribution in [0.5, 0.6) is 0 Å². The number of carbonyl (C=O) groups excluding carboxylic acids is 2. The predicted octanol–water partition coefficient (Wildman–Crippen LogP) is 5.06. The van der Waals surface area contributed by atoms with Crippen molar-refractivity contribution in [3.63, 3.8) is 0 Å². The van der Waals surface area contributed by atoms with Gasteiger partial charge in [0.2, 0.25) is 0 Å². The van der Waals surface area contributed by atoms with Gasteiger partial charge in [0.25, 0.3) is 0 Å². The van der Waals surface area contributed by atoms with Crippen LogP contribution >= 0.6 is 0 Å². The van der Waals surface area contributed by atoms with Crippen LogP contribution in [0.4, 0.5) is 0 Å². The second kappa shape index (κ2) is 15.2. The lowest BCUT2D eigenvalue weighted by Gasteiger charge is -2.14. The van der Waals surface area contributed by atoms with Gasteiger partial charge in [-0.3, -0.25) is 9.59 Å². The minimum Gasteiger partial charge on any atom is -0.461 e. The SMILES string of the molecule is CCCC(CCC)C(=O)OCC=CCOC(=O)C(CCC)CCC. The molecule has 0 rings (SSSR count). The third kappa shape index (κ3) is 10.5. The number of hydrogen-bond donors (Lipinski definition) is 0. The molecule has 0 N–H and O–H groups in total. The Balaban J connectivity index is 4.03. The van der Waals surface area contributed by atoms with Gasteiger partial charge in [-0.1, -0.05) is 53.4 Å². The van der Waals surface area contributed by atoms with Gasteiger partial charge < -0.3 is 9.47 Å². The van der Waals surface area contributed by atoms with Crippen molar-refractivity contribution in [3.8, 4) is 0 Å². The standard InChI is InChI=1S/C20H36O4/c1-5-11-17(12-6-2)19(21)23-15-9-10-16-24-20(22)18(13-7-3)14-8-4/h9-10,17-18H,5-8,11-16H2,1-4H3. The van der Waals surface area contributed by atoms with Gasteiger partial charge in [-0.05, 0) is 37.8 Å². The van der Waals surface area contributed by atoms with Crippen molar-refractivity contribution in [1.29, 1.82) is 0 Å². The van der Waals surface area contributed by atoms with E-state index in [-0.39, 0.29) is 37.0 Å². The number of ether oxygens (including phenoxy) is 2. The summed E-state index contributed by atoms with van der Waals surface area (Å²) in [4.78, 5) is 23.9. The zero-order chi connectivity index (χ0) is 18.2. The lowest BCUT2D eigenvalue weighted by Crippen LogP contribution is -2.18. The summed E-state index contributed by atoms with van der Waals surface area (Å²) in [7, 11) is 0. The first-order chi connectivity index (χ1) is 11.6. The molecule has 4 heteroatoms. The smallest absolute Gasteiger partial charge is 0.309 e. The first-order valence-corrected chi connectivity index (χ1v) is 9.58. The molecule has 140 valence electrons. The molecule has 0 unspecified atom stereocenters. The van der Waals surface area contributed by atoms with E-state index in [4.69, 9.17) is 9.47 Å². The van der Waals surface area contributed by atoms with Gasteiger partial charge in [0, 0.05) is 0 Å². The highest BCUT2D eigenvalue weighted by Crippen LogP contribution is 2.16. The van der Waals surface area contributed by atoms with E-state index in [1.54, 1.807) is 12.2 Å². The zero-order valence-corrected chi connectivity index (χ0v) is 16.0. The number of esters is 2. The molecule has 0 aromatic carbocycles. The Morgan fingerprint density at radius 1 is 0.667 bits per heavy atom. The van der Waals surface area contributed by atoms with Gasteiger partial charge in [0.15, 0.2) is 0 Å². The van der Waals surface area contributed by atoms with E-state index in [1.807, 2.05) is 0 Å². The van der Waals surface area contributed by atoms with Crippen molar-refractivity contribution < 1.29 is 19.1 Å². The summed E-state index contributed by atoms with van der Waals surface area (Å²) in [6, 6.07) is 0.